The number of rotatable bonds is 4. The maximum Gasteiger partial charge on any atom is 0.258 e. The molecule has 0 fully saturated rings. The van der Waals surface area contributed by atoms with E-state index in [2.05, 4.69) is 15.3 Å². The van der Waals surface area contributed by atoms with E-state index in [1.165, 1.54) is 0 Å². The van der Waals surface area contributed by atoms with E-state index in [0.29, 0.717) is 16.7 Å². The van der Waals surface area contributed by atoms with Gasteiger partial charge >= 0.3 is 0 Å². The van der Waals surface area contributed by atoms with Gasteiger partial charge in [-0.25, -0.2) is 4.98 Å². The van der Waals surface area contributed by atoms with E-state index in [-0.39, 0.29) is 17.6 Å². The van der Waals surface area contributed by atoms with Crippen molar-refractivity contribution in [1.82, 2.24) is 15.3 Å². The molecule has 1 aromatic heterocycles. The van der Waals surface area contributed by atoms with Crippen LogP contribution in [0.15, 0.2) is 53.3 Å². The number of aromatic amines is 1. The van der Waals surface area contributed by atoms with Gasteiger partial charge in [-0.2, -0.15) is 0 Å². The summed E-state index contributed by atoms with van der Waals surface area (Å²) in [4.78, 5) is 19.6. The van der Waals surface area contributed by atoms with Crippen molar-refractivity contribution in [3.05, 3.63) is 75.3 Å². The number of hydrogen-bond acceptors (Lipinski definition) is 3. The van der Waals surface area contributed by atoms with Crippen molar-refractivity contribution in [3.8, 4) is 0 Å². The Morgan fingerprint density at radius 1 is 1.04 bits per heavy atom. The number of nitrogens with zero attached hydrogens (tertiary/aromatic N) is 1. The second-order valence-electron chi connectivity index (χ2n) is 5.60. The summed E-state index contributed by atoms with van der Waals surface area (Å²) in [6, 6.07) is 15.0. The van der Waals surface area contributed by atoms with Crippen LogP contribution in [0.3, 0.4) is 0 Å². The largest absolute Gasteiger partial charge is 0.309 e. The SMILES string of the molecule is CC(NC(C)c1ccccc1Cl)c1nc2ccccc2c(=O)[nH]1. The van der Waals surface area contributed by atoms with E-state index in [4.69, 9.17) is 11.6 Å². The molecule has 0 amide bonds. The summed E-state index contributed by atoms with van der Waals surface area (Å²) in [6.07, 6.45) is 0. The Morgan fingerprint density at radius 3 is 2.52 bits per heavy atom. The van der Waals surface area contributed by atoms with Crippen molar-refractivity contribution in [2.75, 3.05) is 0 Å². The van der Waals surface area contributed by atoms with Gasteiger partial charge in [0.15, 0.2) is 0 Å². The molecule has 3 rings (SSSR count). The predicted octanol–water partition coefficient (Wildman–Crippen LogP) is 3.99. The highest BCUT2D eigenvalue weighted by atomic mass is 35.5. The molecule has 5 heteroatoms. The third-order valence-electron chi connectivity index (χ3n) is 3.91. The molecule has 0 spiro atoms. The maximum atomic E-state index is 12.2. The van der Waals surface area contributed by atoms with Gasteiger partial charge in [0.1, 0.15) is 5.82 Å². The molecule has 2 aromatic carbocycles. The summed E-state index contributed by atoms with van der Waals surface area (Å²) in [5, 5.41) is 4.75. The lowest BCUT2D eigenvalue weighted by Gasteiger charge is -2.20. The minimum Gasteiger partial charge on any atom is -0.309 e. The van der Waals surface area contributed by atoms with Gasteiger partial charge in [0, 0.05) is 11.1 Å². The molecule has 2 unspecified atom stereocenters. The van der Waals surface area contributed by atoms with Crippen LogP contribution in [0.25, 0.3) is 10.9 Å². The molecule has 23 heavy (non-hydrogen) atoms. The van der Waals surface area contributed by atoms with Crippen molar-refractivity contribution >= 4 is 22.5 Å². The van der Waals surface area contributed by atoms with Crippen molar-refractivity contribution in [2.45, 2.75) is 25.9 Å². The molecular formula is C18H18ClN3O. The number of halogens is 1. The second kappa shape index (κ2) is 6.52. The fraction of sp³-hybridized carbons (Fsp3) is 0.222. The molecule has 118 valence electrons. The second-order valence-corrected chi connectivity index (χ2v) is 6.01. The van der Waals surface area contributed by atoms with Gasteiger partial charge in [-0.3, -0.25) is 4.79 Å². The molecule has 0 saturated carbocycles. The van der Waals surface area contributed by atoms with Crippen LogP contribution in [0.4, 0.5) is 0 Å². The lowest BCUT2D eigenvalue weighted by Crippen LogP contribution is -2.26. The fourth-order valence-electron chi connectivity index (χ4n) is 2.68. The van der Waals surface area contributed by atoms with Gasteiger partial charge in [-0.1, -0.05) is 41.9 Å². The van der Waals surface area contributed by atoms with Crippen molar-refractivity contribution in [1.29, 1.82) is 0 Å². The van der Waals surface area contributed by atoms with Gasteiger partial charge in [0.25, 0.3) is 5.56 Å². The summed E-state index contributed by atoms with van der Waals surface area (Å²) < 4.78 is 0. The third kappa shape index (κ3) is 3.28. The first kappa shape index (κ1) is 15.7. The third-order valence-corrected chi connectivity index (χ3v) is 4.26. The van der Waals surface area contributed by atoms with Crippen LogP contribution in [-0.2, 0) is 0 Å². The van der Waals surface area contributed by atoms with Gasteiger partial charge in [-0.05, 0) is 37.6 Å². The van der Waals surface area contributed by atoms with E-state index >= 15 is 0 Å². The van der Waals surface area contributed by atoms with E-state index in [0.717, 1.165) is 10.6 Å². The van der Waals surface area contributed by atoms with Gasteiger partial charge in [-0.15, -0.1) is 0 Å². The van der Waals surface area contributed by atoms with Gasteiger partial charge < -0.3 is 10.3 Å². The number of fused-ring (bicyclic) bond motifs is 1. The molecule has 0 aliphatic heterocycles. The van der Waals surface area contributed by atoms with E-state index < -0.39 is 0 Å². The molecule has 1 heterocycles. The van der Waals surface area contributed by atoms with Crippen LogP contribution >= 0.6 is 11.6 Å². The summed E-state index contributed by atoms with van der Waals surface area (Å²) in [5.41, 5.74) is 1.60. The molecule has 3 aromatic rings. The average Bonchev–Trinajstić information content (AvgIpc) is 2.55. The molecule has 0 aliphatic carbocycles. The summed E-state index contributed by atoms with van der Waals surface area (Å²) in [6.45, 7) is 4.01. The van der Waals surface area contributed by atoms with E-state index in [1.54, 1.807) is 6.07 Å². The molecular weight excluding hydrogens is 310 g/mol. The predicted molar refractivity (Wildman–Crippen MR) is 93.8 cm³/mol. The molecule has 0 bridgehead atoms. The fourth-order valence-corrected chi connectivity index (χ4v) is 2.98. The zero-order valence-electron chi connectivity index (χ0n) is 13.0. The Kier molecular flexibility index (Phi) is 4.46. The number of aromatic nitrogens is 2. The Bertz CT molecular complexity index is 891. The highest BCUT2D eigenvalue weighted by molar-refractivity contribution is 6.31. The van der Waals surface area contributed by atoms with E-state index in [9.17, 15) is 4.79 Å². The van der Waals surface area contributed by atoms with Crippen molar-refractivity contribution < 1.29 is 0 Å². The first-order valence-electron chi connectivity index (χ1n) is 7.55. The molecule has 2 atom stereocenters. The van der Waals surface area contributed by atoms with Crippen LogP contribution < -0.4 is 10.9 Å². The Balaban J connectivity index is 1.87. The normalized spacial score (nSPS) is 13.9. The lowest BCUT2D eigenvalue weighted by atomic mass is 10.1. The Morgan fingerprint density at radius 2 is 1.74 bits per heavy atom. The smallest absolute Gasteiger partial charge is 0.258 e. The summed E-state index contributed by atoms with van der Waals surface area (Å²) >= 11 is 6.24. The number of H-pyrrole nitrogens is 1. The topological polar surface area (TPSA) is 57.8 Å². The van der Waals surface area contributed by atoms with Crippen molar-refractivity contribution in [3.63, 3.8) is 0 Å². The Labute approximate surface area is 139 Å². The molecule has 4 nitrogen and oxygen atoms in total. The number of nitrogens with one attached hydrogen (secondary N) is 2. The zero-order chi connectivity index (χ0) is 16.4. The molecule has 0 aliphatic rings. The zero-order valence-corrected chi connectivity index (χ0v) is 13.8. The average molecular weight is 328 g/mol. The van der Waals surface area contributed by atoms with E-state index in [1.807, 2.05) is 56.3 Å². The van der Waals surface area contributed by atoms with Crippen LogP contribution in [-0.4, -0.2) is 9.97 Å². The quantitative estimate of drug-likeness (QED) is 0.761. The minimum atomic E-state index is -0.121. The summed E-state index contributed by atoms with van der Waals surface area (Å²) in [5.74, 6) is 0.618. The van der Waals surface area contributed by atoms with Gasteiger partial charge in [0.2, 0.25) is 0 Å². The maximum absolute atomic E-state index is 12.2. The number of para-hydroxylation sites is 1. The monoisotopic (exact) mass is 327 g/mol. The number of hydrogen-bond donors (Lipinski definition) is 2. The molecule has 0 radical (unpaired) electrons. The highest BCUT2D eigenvalue weighted by Crippen LogP contribution is 2.24. The summed E-state index contributed by atoms with van der Waals surface area (Å²) in [7, 11) is 0. The van der Waals surface area contributed by atoms with Crippen LogP contribution in [0.2, 0.25) is 5.02 Å². The number of benzene rings is 2. The molecule has 2 N–H and O–H groups in total. The van der Waals surface area contributed by atoms with Crippen LogP contribution in [0.1, 0.15) is 37.3 Å². The first-order chi connectivity index (χ1) is 11.1. The molecule has 0 saturated heterocycles. The van der Waals surface area contributed by atoms with Crippen molar-refractivity contribution in [2.24, 2.45) is 0 Å². The van der Waals surface area contributed by atoms with Crippen LogP contribution in [0, 0.1) is 0 Å². The van der Waals surface area contributed by atoms with Gasteiger partial charge in [0.05, 0.1) is 16.9 Å². The standard InChI is InChI=1S/C18H18ClN3O/c1-11(13-7-3-5-9-15(13)19)20-12(2)17-21-16-10-6-4-8-14(16)18(23)22-17/h3-12,20H,1-2H3,(H,21,22,23). The first-order valence-corrected chi connectivity index (χ1v) is 7.93. The Hall–Kier alpha value is -2.17. The highest BCUT2D eigenvalue weighted by Gasteiger charge is 2.15. The minimum absolute atomic E-state index is 0.0375. The van der Waals surface area contributed by atoms with Crippen LogP contribution in [0.5, 0.6) is 0 Å². The lowest BCUT2D eigenvalue weighted by molar-refractivity contribution is 0.477.